The van der Waals surface area contributed by atoms with Crippen molar-refractivity contribution in [3.8, 4) is 11.4 Å². The molecule has 7 heteroatoms. The van der Waals surface area contributed by atoms with E-state index in [0.29, 0.717) is 12.1 Å². The lowest BCUT2D eigenvalue weighted by molar-refractivity contribution is -0.115. The Hall–Kier alpha value is -2.86. The number of anilines is 2. The molecule has 1 amide bonds. The number of nitrogens with two attached hydrogens (primary N) is 1. The van der Waals surface area contributed by atoms with Gasteiger partial charge in [0, 0.05) is 29.9 Å². The Bertz CT molecular complexity index is 934. The Balaban J connectivity index is 0.00000225. The van der Waals surface area contributed by atoms with Crippen LogP contribution in [0.4, 0.5) is 11.4 Å². The maximum absolute atomic E-state index is 12.2. The highest BCUT2D eigenvalue weighted by atomic mass is 35.5. The highest BCUT2D eigenvalue weighted by molar-refractivity contribution is 5.92. The predicted octanol–water partition coefficient (Wildman–Crippen LogP) is 3.86. The molecule has 3 aromatic rings. The summed E-state index contributed by atoms with van der Waals surface area (Å²) >= 11 is 0. The first kappa shape index (κ1) is 19.9. The summed E-state index contributed by atoms with van der Waals surface area (Å²) in [5.41, 5.74) is 9.10. The van der Waals surface area contributed by atoms with Crippen molar-refractivity contribution in [3.05, 3.63) is 59.9 Å². The van der Waals surface area contributed by atoms with Crippen molar-refractivity contribution in [1.29, 1.82) is 0 Å². The van der Waals surface area contributed by atoms with Gasteiger partial charge in [-0.1, -0.05) is 18.6 Å². The van der Waals surface area contributed by atoms with Crippen LogP contribution in [0.5, 0.6) is 0 Å². The van der Waals surface area contributed by atoms with Crippen LogP contribution >= 0.6 is 12.4 Å². The number of fused-ring (bicyclic) bond motifs is 1. The van der Waals surface area contributed by atoms with Gasteiger partial charge in [0.1, 0.15) is 5.82 Å². The van der Waals surface area contributed by atoms with E-state index in [4.69, 9.17) is 5.73 Å². The lowest BCUT2D eigenvalue weighted by atomic mass is 10.1. The largest absolute Gasteiger partial charge is 0.399 e. The summed E-state index contributed by atoms with van der Waals surface area (Å²) in [6.07, 6.45) is 4.89. The average molecular weight is 398 g/mol. The van der Waals surface area contributed by atoms with Gasteiger partial charge >= 0.3 is 0 Å². The minimum Gasteiger partial charge on any atom is -0.399 e. The number of aryl methyl sites for hydroxylation is 1. The number of benzene rings is 2. The van der Waals surface area contributed by atoms with Crippen LogP contribution in [0.25, 0.3) is 11.4 Å². The Morgan fingerprint density at radius 1 is 1.00 bits per heavy atom. The molecule has 2 heterocycles. The monoisotopic (exact) mass is 397 g/mol. The fourth-order valence-corrected chi connectivity index (χ4v) is 3.43. The van der Waals surface area contributed by atoms with Crippen molar-refractivity contribution >= 4 is 29.7 Å². The van der Waals surface area contributed by atoms with E-state index in [-0.39, 0.29) is 18.3 Å². The molecule has 0 radical (unpaired) electrons. The molecule has 1 aliphatic heterocycles. The molecule has 1 aliphatic rings. The Morgan fingerprint density at radius 2 is 1.75 bits per heavy atom. The van der Waals surface area contributed by atoms with Crippen LogP contribution in [0.15, 0.2) is 48.5 Å². The van der Waals surface area contributed by atoms with E-state index in [2.05, 4.69) is 20.1 Å². The number of halogens is 1. The van der Waals surface area contributed by atoms with Gasteiger partial charge in [-0.15, -0.1) is 22.6 Å². The van der Waals surface area contributed by atoms with E-state index in [1.165, 1.54) is 12.8 Å². The van der Waals surface area contributed by atoms with Crippen LogP contribution in [0, 0.1) is 0 Å². The van der Waals surface area contributed by atoms with Gasteiger partial charge in [-0.3, -0.25) is 4.79 Å². The number of nitrogens with zero attached hydrogens (tertiary/aromatic N) is 3. The summed E-state index contributed by atoms with van der Waals surface area (Å²) in [5, 5.41) is 11.7. The molecule has 2 aromatic carbocycles. The van der Waals surface area contributed by atoms with Crippen molar-refractivity contribution in [3.63, 3.8) is 0 Å². The van der Waals surface area contributed by atoms with E-state index in [0.717, 1.165) is 47.8 Å². The van der Waals surface area contributed by atoms with Crippen LogP contribution in [0.2, 0.25) is 0 Å². The second kappa shape index (κ2) is 8.89. The summed E-state index contributed by atoms with van der Waals surface area (Å²) in [6, 6.07) is 15.1. The number of aromatic nitrogens is 3. The number of carbonyl (C=O) groups excluding carboxylic acids is 1. The van der Waals surface area contributed by atoms with Crippen LogP contribution in [-0.2, 0) is 24.2 Å². The van der Waals surface area contributed by atoms with Gasteiger partial charge in [-0.2, -0.15) is 0 Å². The lowest BCUT2D eigenvalue weighted by Crippen LogP contribution is -2.14. The molecule has 146 valence electrons. The number of hydrogen-bond donors (Lipinski definition) is 2. The Morgan fingerprint density at radius 3 is 2.50 bits per heavy atom. The molecule has 0 saturated heterocycles. The van der Waals surface area contributed by atoms with Gasteiger partial charge in [0.15, 0.2) is 5.82 Å². The Kier molecular flexibility index (Phi) is 6.31. The number of carbonyl (C=O) groups is 1. The second-order valence-electron chi connectivity index (χ2n) is 6.95. The quantitative estimate of drug-likeness (QED) is 0.654. The molecule has 3 N–H and O–H groups in total. The average Bonchev–Trinajstić information content (AvgIpc) is 2.92. The standard InChI is InChI=1S/C21H23N5O.ClH/c22-17-9-5-15(6-10-17)14-20(27)23-18-11-7-16(8-12-18)21-25-24-19-4-2-1-3-13-26(19)21;/h5-12H,1-4,13-14,22H2,(H,23,27);1H. The van der Waals surface area contributed by atoms with E-state index in [1.54, 1.807) is 12.1 Å². The summed E-state index contributed by atoms with van der Waals surface area (Å²) in [6.45, 7) is 0.970. The van der Waals surface area contributed by atoms with E-state index >= 15 is 0 Å². The zero-order valence-electron chi connectivity index (χ0n) is 15.6. The molecule has 28 heavy (non-hydrogen) atoms. The summed E-state index contributed by atoms with van der Waals surface area (Å²) in [5.74, 6) is 1.93. The number of nitrogen functional groups attached to an aromatic ring is 1. The van der Waals surface area contributed by atoms with Crippen molar-refractivity contribution in [2.45, 2.75) is 38.6 Å². The molecule has 0 atom stereocenters. The zero-order valence-corrected chi connectivity index (χ0v) is 16.4. The van der Waals surface area contributed by atoms with Gasteiger partial charge in [0.05, 0.1) is 6.42 Å². The molecule has 6 nitrogen and oxygen atoms in total. The number of nitrogens with one attached hydrogen (secondary N) is 1. The van der Waals surface area contributed by atoms with Gasteiger partial charge in [-0.05, 0) is 54.8 Å². The van der Waals surface area contributed by atoms with Crippen molar-refractivity contribution in [1.82, 2.24) is 14.8 Å². The van der Waals surface area contributed by atoms with Crippen molar-refractivity contribution < 1.29 is 4.79 Å². The van der Waals surface area contributed by atoms with Crippen LogP contribution in [-0.4, -0.2) is 20.7 Å². The molecule has 1 aromatic heterocycles. The van der Waals surface area contributed by atoms with Crippen molar-refractivity contribution in [2.75, 3.05) is 11.1 Å². The summed E-state index contributed by atoms with van der Waals surface area (Å²) in [7, 11) is 0. The number of amides is 1. The first-order valence-electron chi connectivity index (χ1n) is 9.36. The SMILES string of the molecule is Cl.Nc1ccc(CC(=O)Nc2ccc(-c3nnc4n3CCCCC4)cc2)cc1. The first-order chi connectivity index (χ1) is 13.2. The molecule has 0 aliphatic carbocycles. The van der Waals surface area contributed by atoms with E-state index in [1.807, 2.05) is 36.4 Å². The summed E-state index contributed by atoms with van der Waals surface area (Å²) in [4.78, 5) is 12.2. The lowest BCUT2D eigenvalue weighted by Gasteiger charge is -2.09. The molecule has 0 unspecified atom stereocenters. The Labute approximate surface area is 170 Å². The topological polar surface area (TPSA) is 85.8 Å². The fourth-order valence-electron chi connectivity index (χ4n) is 3.43. The van der Waals surface area contributed by atoms with Gasteiger partial charge < -0.3 is 15.6 Å². The van der Waals surface area contributed by atoms with E-state index in [9.17, 15) is 4.79 Å². The van der Waals surface area contributed by atoms with Gasteiger partial charge in [0.2, 0.25) is 5.91 Å². The first-order valence-corrected chi connectivity index (χ1v) is 9.36. The maximum Gasteiger partial charge on any atom is 0.228 e. The van der Waals surface area contributed by atoms with Crippen LogP contribution in [0.3, 0.4) is 0 Å². The highest BCUT2D eigenvalue weighted by Gasteiger charge is 2.16. The van der Waals surface area contributed by atoms with Gasteiger partial charge in [0.25, 0.3) is 0 Å². The highest BCUT2D eigenvalue weighted by Crippen LogP contribution is 2.24. The normalized spacial score (nSPS) is 13.1. The molecule has 0 spiro atoms. The third kappa shape index (κ3) is 4.51. The van der Waals surface area contributed by atoms with Crippen LogP contribution < -0.4 is 11.1 Å². The number of hydrogen-bond acceptors (Lipinski definition) is 4. The fraction of sp³-hybridized carbons (Fsp3) is 0.286. The third-order valence-corrected chi connectivity index (χ3v) is 4.88. The minimum absolute atomic E-state index is 0. The molecule has 0 fully saturated rings. The molecule has 0 saturated carbocycles. The zero-order chi connectivity index (χ0) is 18.6. The van der Waals surface area contributed by atoms with Crippen LogP contribution in [0.1, 0.15) is 30.7 Å². The van der Waals surface area contributed by atoms with E-state index < -0.39 is 0 Å². The second-order valence-corrected chi connectivity index (χ2v) is 6.95. The van der Waals surface area contributed by atoms with Gasteiger partial charge in [-0.25, -0.2) is 0 Å². The van der Waals surface area contributed by atoms with Crippen molar-refractivity contribution in [2.24, 2.45) is 0 Å². The molecule has 4 rings (SSSR count). The maximum atomic E-state index is 12.2. The predicted molar refractivity (Wildman–Crippen MR) is 113 cm³/mol. The molecule has 0 bridgehead atoms. The molecular weight excluding hydrogens is 374 g/mol. The summed E-state index contributed by atoms with van der Waals surface area (Å²) < 4.78 is 2.22. The minimum atomic E-state index is -0.0520. The smallest absolute Gasteiger partial charge is 0.228 e. The number of rotatable bonds is 4. The third-order valence-electron chi connectivity index (χ3n) is 4.88. The molecular formula is C21H24ClN5O.